The number of hydrogen-bond acceptors (Lipinski definition) is 5. The quantitative estimate of drug-likeness (QED) is 0.315. The molecule has 1 aliphatic rings. The van der Waals surface area contributed by atoms with Crippen LogP contribution in [0.15, 0.2) is 4.99 Å². The Morgan fingerprint density at radius 2 is 2.00 bits per heavy atom. The Balaban J connectivity index is 2.26. The van der Waals surface area contributed by atoms with Crippen molar-refractivity contribution in [3.63, 3.8) is 0 Å². The first-order valence-corrected chi connectivity index (χ1v) is 8.51. The molecule has 20 heavy (non-hydrogen) atoms. The predicted molar refractivity (Wildman–Crippen MR) is 77.5 cm³/mol. The van der Waals surface area contributed by atoms with Crippen molar-refractivity contribution in [3.05, 3.63) is 0 Å². The normalized spacial score (nSPS) is 18.1. The molecule has 0 radical (unpaired) electrons. The third-order valence-corrected chi connectivity index (χ3v) is 3.56. The van der Waals surface area contributed by atoms with Gasteiger partial charge in [-0.15, -0.1) is 0 Å². The van der Waals surface area contributed by atoms with E-state index in [1.807, 2.05) is 0 Å². The summed E-state index contributed by atoms with van der Waals surface area (Å²) >= 11 is 0. The Hall–Kier alpha value is -1.35. The third-order valence-electron chi connectivity index (χ3n) is 2.98. The van der Waals surface area contributed by atoms with E-state index in [0.717, 1.165) is 32.2 Å². The lowest BCUT2D eigenvalue weighted by Crippen LogP contribution is -2.42. The molecule has 0 aromatic heterocycles. The lowest BCUT2D eigenvalue weighted by Gasteiger charge is -2.19. The van der Waals surface area contributed by atoms with Gasteiger partial charge in [0.2, 0.25) is 21.9 Å². The molecule has 0 aliphatic carbocycles. The highest BCUT2D eigenvalue weighted by Crippen LogP contribution is 2.10. The number of guanidine groups is 1. The lowest BCUT2D eigenvalue weighted by atomic mass is 10.1. The highest BCUT2D eigenvalue weighted by atomic mass is 32.2. The van der Waals surface area contributed by atoms with Crippen LogP contribution in [0.4, 0.5) is 0 Å². The summed E-state index contributed by atoms with van der Waals surface area (Å²) in [5.41, 5.74) is 11.2. The van der Waals surface area contributed by atoms with E-state index in [4.69, 9.17) is 11.5 Å². The van der Waals surface area contributed by atoms with Gasteiger partial charge in [0.25, 0.3) is 0 Å². The van der Waals surface area contributed by atoms with Gasteiger partial charge < -0.3 is 16.4 Å². The molecule has 0 unspecified atom stereocenters. The summed E-state index contributed by atoms with van der Waals surface area (Å²) in [4.78, 5) is 17.6. The fraction of sp³-hybridized carbons (Fsp3) is 0.818. The summed E-state index contributed by atoms with van der Waals surface area (Å²) < 4.78 is 23.8. The van der Waals surface area contributed by atoms with E-state index >= 15 is 0 Å². The maximum Gasteiger partial charge on any atom is 0.239 e. The number of likely N-dealkylation sites (tertiary alicyclic amines) is 1. The second-order valence-electron chi connectivity index (χ2n) is 4.92. The number of carbonyl (C=O) groups excluding carboxylic acids is 1. The Morgan fingerprint density at radius 1 is 1.40 bits per heavy atom. The molecule has 1 rings (SSSR count). The van der Waals surface area contributed by atoms with Crippen LogP contribution >= 0.6 is 0 Å². The van der Waals surface area contributed by atoms with Gasteiger partial charge in [-0.1, -0.05) is 0 Å². The largest absolute Gasteiger partial charge is 0.369 e. The average molecular weight is 305 g/mol. The molecular weight excluding hydrogens is 282 g/mol. The van der Waals surface area contributed by atoms with Crippen LogP contribution in [0.5, 0.6) is 0 Å². The van der Waals surface area contributed by atoms with Crippen molar-refractivity contribution in [1.29, 1.82) is 0 Å². The van der Waals surface area contributed by atoms with Gasteiger partial charge in [-0.3, -0.25) is 14.5 Å². The van der Waals surface area contributed by atoms with Crippen molar-refractivity contribution >= 4 is 21.9 Å². The maximum atomic E-state index is 11.9. The van der Waals surface area contributed by atoms with Gasteiger partial charge in [-0.2, -0.15) is 0 Å². The lowest BCUT2D eigenvalue weighted by molar-refractivity contribution is -0.131. The van der Waals surface area contributed by atoms with E-state index in [2.05, 4.69) is 9.71 Å². The summed E-state index contributed by atoms with van der Waals surface area (Å²) in [5, 5.41) is 0. The van der Waals surface area contributed by atoms with E-state index in [0.29, 0.717) is 19.4 Å². The van der Waals surface area contributed by atoms with E-state index < -0.39 is 16.1 Å². The highest BCUT2D eigenvalue weighted by molar-refractivity contribution is 7.89. The number of hydrogen-bond donors (Lipinski definition) is 3. The Morgan fingerprint density at radius 3 is 2.55 bits per heavy atom. The molecule has 0 aromatic rings. The molecule has 5 N–H and O–H groups in total. The minimum absolute atomic E-state index is 0.0197. The van der Waals surface area contributed by atoms with Crippen molar-refractivity contribution in [2.45, 2.75) is 31.7 Å². The van der Waals surface area contributed by atoms with Crippen LogP contribution in [0.25, 0.3) is 0 Å². The van der Waals surface area contributed by atoms with Gasteiger partial charge in [0.05, 0.1) is 12.3 Å². The van der Waals surface area contributed by atoms with Crippen LogP contribution in [0.2, 0.25) is 0 Å². The Labute approximate surface area is 119 Å². The predicted octanol–water partition coefficient (Wildman–Crippen LogP) is -1.42. The maximum absolute atomic E-state index is 11.9. The number of nitrogens with two attached hydrogens (primary N) is 2. The molecule has 1 atom stereocenters. The molecule has 1 amide bonds. The van der Waals surface area contributed by atoms with Crippen molar-refractivity contribution in [1.82, 2.24) is 9.62 Å². The number of sulfonamides is 1. The van der Waals surface area contributed by atoms with E-state index in [1.54, 1.807) is 4.90 Å². The number of aliphatic imine (C=N–C) groups is 1. The summed E-state index contributed by atoms with van der Waals surface area (Å²) in [6.07, 6.45) is 4.16. The zero-order chi connectivity index (χ0) is 15.2. The Bertz CT molecular complexity index is 457. The van der Waals surface area contributed by atoms with Gasteiger partial charge in [-0.25, -0.2) is 8.42 Å². The highest BCUT2D eigenvalue weighted by Gasteiger charge is 2.22. The van der Waals surface area contributed by atoms with Crippen LogP contribution < -0.4 is 16.2 Å². The second-order valence-corrected chi connectivity index (χ2v) is 6.67. The van der Waals surface area contributed by atoms with Crippen molar-refractivity contribution in [2.75, 3.05) is 25.9 Å². The topological polar surface area (TPSA) is 131 Å². The SMILES string of the molecule is CS(=O)(=O)NC(N)=NCCC[C@@H](N)C(=O)N1CCCC1. The van der Waals surface area contributed by atoms with Crippen LogP contribution in [0.3, 0.4) is 0 Å². The van der Waals surface area contributed by atoms with Crippen LogP contribution in [-0.4, -0.2) is 57.1 Å². The molecule has 0 bridgehead atoms. The van der Waals surface area contributed by atoms with Crippen LogP contribution in [0, 0.1) is 0 Å². The fourth-order valence-electron chi connectivity index (χ4n) is 2.03. The van der Waals surface area contributed by atoms with E-state index in [9.17, 15) is 13.2 Å². The van der Waals surface area contributed by atoms with Gasteiger partial charge in [0, 0.05) is 19.6 Å². The van der Waals surface area contributed by atoms with Gasteiger partial charge in [0.1, 0.15) is 0 Å². The monoisotopic (exact) mass is 305 g/mol. The minimum atomic E-state index is -3.39. The second kappa shape index (κ2) is 7.44. The molecule has 0 aromatic carbocycles. The molecule has 0 spiro atoms. The van der Waals surface area contributed by atoms with E-state index in [1.165, 1.54) is 0 Å². The zero-order valence-corrected chi connectivity index (χ0v) is 12.5. The number of carbonyl (C=O) groups is 1. The van der Waals surface area contributed by atoms with Gasteiger partial charge >= 0.3 is 0 Å². The summed E-state index contributed by atoms with van der Waals surface area (Å²) in [6.45, 7) is 1.90. The molecule has 8 nitrogen and oxygen atoms in total. The first-order chi connectivity index (χ1) is 9.29. The molecule has 1 fully saturated rings. The van der Waals surface area contributed by atoms with Crippen LogP contribution in [-0.2, 0) is 14.8 Å². The molecular formula is C11H23N5O3S. The molecule has 0 saturated carbocycles. The Kier molecular flexibility index (Phi) is 6.21. The number of nitrogens with one attached hydrogen (secondary N) is 1. The van der Waals surface area contributed by atoms with Crippen molar-refractivity contribution < 1.29 is 13.2 Å². The molecule has 9 heteroatoms. The molecule has 1 aliphatic heterocycles. The molecule has 1 heterocycles. The standard InChI is InChI=1S/C11H23N5O3S/c1-20(18,19)15-11(13)14-6-4-5-9(12)10(17)16-7-2-3-8-16/h9H,2-8,12H2,1H3,(H3,13,14,15)/t9-/m1/s1. The van der Waals surface area contributed by atoms with Crippen LogP contribution in [0.1, 0.15) is 25.7 Å². The van der Waals surface area contributed by atoms with E-state index in [-0.39, 0.29) is 11.9 Å². The first-order valence-electron chi connectivity index (χ1n) is 6.61. The molecule has 1 saturated heterocycles. The smallest absolute Gasteiger partial charge is 0.239 e. The number of nitrogens with zero attached hydrogens (tertiary/aromatic N) is 2. The number of amides is 1. The van der Waals surface area contributed by atoms with Gasteiger partial charge in [0.15, 0.2) is 0 Å². The fourth-order valence-corrected chi connectivity index (χ4v) is 2.47. The number of rotatable bonds is 6. The average Bonchev–Trinajstić information content (AvgIpc) is 2.84. The minimum Gasteiger partial charge on any atom is -0.369 e. The van der Waals surface area contributed by atoms with Crippen molar-refractivity contribution in [2.24, 2.45) is 16.5 Å². The summed E-state index contributed by atoms with van der Waals surface area (Å²) in [5.74, 6) is -0.166. The van der Waals surface area contributed by atoms with Crippen molar-refractivity contribution in [3.8, 4) is 0 Å². The molecule has 116 valence electrons. The zero-order valence-electron chi connectivity index (χ0n) is 11.7. The first kappa shape index (κ1) is 16.7. The summed E-state index contributed by atoms with van der Waals surface area (Å²) in [6, 6.07) is -0.521. The van der Waals surface area contributed by atoms with Gasteiger partial charge in [-0.05, 0) is 25.7 Å². The third kappa shape index (κ3) is 6.20. The summed E-state index contributed by atoms with van der Waals surface area (Å²) in [7, 11) is -3.39.